The fourth-order valence-corrected chi connectivity index (χ4v) is 1.69. The lowest BCUT2D eigenvalue weighted by Gasteiger charge is -2.19. The summed E-state index contributed by atoms with van der Waals surface area (Å²) in [7, 11) is 0. The minimum atomic E-state index is -0.712. The van der Waals surface area contributed by atoms with Crippen molar-refractivity contribution in [2.75, 3.05) is 0 Å². The first-order valence-corrected chi connectivity index (χ1v) is 4.70. The van der Waals surface area contributed by atoms with Gasteiger partial charge in [-0.1, -0.05) is 39.7 Å². The predicted molar refractivity (Wildman–Crippen MR) is 46.4 cm³/mol. The first-order valence-electron chi connectivity index (χ1n) is 3.34. The topological polar surface area (TPSA) is 20.2 Å². The van der Waals surface area contributed by atoms with Gasteiger partial charge in [-0.15, -0.1) is 0 Å². The van der Waals surface area contributed by atoms with Crippen LogP contribution in [0.25, 0.3) is 0 Å². The monoisotopic (exact) mass is 224 g/mol. The van der Waals surface area contributed by atoms with Gasteiger partial charge in [0.25, 0.3) is 0 Å². The minimum Gasteiger partial charge on any atom is -0.377 e. The summed E-state index contributed by atoms with van der Waals surface area (Å²) in [4.78, 5) is 0.471. The summed E-state index contributed by atoms with van der Waals surface area (Å²) < 4.78 is 0. The van der Waals surface area contributed by atoms with Gasteiger partial charge in [-0.3, -0.25) is 0 Å². The number of aliphatic hydroxyl groups excluding tert-OH is 1. The van der Waals surface area contributed by atoms with Crippen molar-refractivity contribution in [2.45, 2.75) is 23.2 Å². The van der Waals surface area contributed by atoms with E-state index in [1.54, 1.807) is 0 Å². The first-order chi connectivity index (χ1) is 4.70. The smallest absolute Gasteiger partial charge is 0.134 e. The first kappa shape index (κ1) is 8.57. The van der Waals surface area contributed by atoms with E-state index in [1.807, 2.05) is 12.2 Å². The maximum absolute atomic E-state index is 8.96. The second-order valence-electron chi connectivity index (χ2n) is 2.51. The zero-order chi connectivity index (χ0) is 7.56. The van der Waals surface area contributed by atoms with Gasteiger partial charge >= 0.3 is 0 Å². The summed E-state index contributed by atoms with van der Waals surface area (Å²) in [5, 5.41) is 8.96. The molecule has 0 fully saturated rings. The molecule has 10 heavy (non-hydrogen) atoms. The molecule has 1 nitrogen and oxygen atoms in total. The lowest BCUT2D eigenvalue weighted by molar-refractivity contribution is 0.200. The molecule has 1 aliphatic rings. The standard InChI is InChI=1S/C7H10BrClO/c8-6-3-1-5(2-4-6)7(9)10/h1,3,5-7,10H,2,4H2. The van der Waals surface area contributed by atoms with Crippen LogP contribution in [0.4, 0.5) is 0 Å². The van der Waals surface area contributed by atoms with Crippen molar-refractivity contribution in [1.82, 2.24) is 0 Å². The zero-order valence-corrected chi connectivity index (χ0v) is 7.85. The summed E-state index contributed by atoms with van der Waals surface area (Å²) in [5.74, 6) is 0.149. The number of hydrogen-bond acceptors (Lipinski definition) is 1. The van der Waals surface area contributed by atoms with Gasteiger partial charge in [-0.25, -0.2) is 0 Å². The Bertz CT molecular complexity index is 136. The van der Waals surface area contributed by atoms with E-state index in [4.69, 9.17) is 16.7 Å². The second kappa shape index (κ2) is 3.74. The van der Waals surface area contributed by atoms with Gasteiger partial charge in [0.1, 0.15) is 5.56 Å². The van der Waals surface area contributed by atoms with Crippen molar-refractivity contribution in [2.24, 2.45) is 5.92 Å². The molecule has 0 aromatic rings. The molecule has 0 bridgehead atoms. The Morgan fingerprint density at radius 3 is 2.60 bits per heavy atom. The van der Waals surface area contributed by atoms with Crippen LogP contribution in [0.5, 0.6) is 0 Å². The van der Waals surface area contributed by atoms with Crippen LogP contribution >= 0.6 is 27.5 Å². The molecule has 0 saturated carbocycles. The van der Waals surface area contributed by atoms with Gasteiger partial charge in [0.2, 0.25) is 0 Å². The number of allylic oxidation sites excluding steroid dienone is 1. The molecule has 0 heterocycles. The third-order valence-corrected chi connectivity index (χ3v) is 2.78. The lowest BCUT2D eigenvalue weighted by atomic mass is 9.97. The third-order valence-electron chi connectivity index (χ3n) is 1.70. The van der Waals surface area contributed by atoms with Crippen LogP contribution in [0.3, 0.4) is 0 Å². The molecule has 0 radical (unpaired) electrons. The highest BCUT2D eigenvalue weighted by molar-refractivity contribution is 9.09. The van der Waals surface area contributed by atoms with E-state index in [2.05, 4.69) is 15.9 Å². The Kier molecular flexibility index (Phi) is 3.21. The Morgan fingerprint density at radius 1 is 1.50 bits per heavy atom. The molecule has 3 heteroatoms. The second-order valence-corrected chi connectivity index (χ2v) is 4.14. The quantitative estimate of drug-likeness (QED) is 0.536. The average molecular weight is 226 g/mol. The van der Waals surface area contributed by atoms with Crippen molar-refractivity contribution >= 4 is 27.5 Å². The fraction of sp³-hybridized carbons (Fsp3) is 0.714. The van der Waals surface area contributed by atoms with Crippen LogP contribution in [0.1, 0.15) is 12.8 Å². The minimum absolute atomic E-state index is 0.149. The van der Waals surface area contributed by atoms with Crippen LogP contribution in [0.2, 0.25) is 0 Å². The molecule has 0 aromatic heterocycles. The largest absolute Gasteiger partial charge is 0.377 e. The molecule has 0 amide bonds. The molecule has 1 aliphatic carbocycles. The highest BCUT2D eigenvalue weighted by Gasteiger charge is 2.18. The fourth-order valence-electron chi connectivity index (χ4n) is 1.04. The number of hydrogen-bond donors (Lipinski definition) is 1. The molecule has 0 aromatic carbocycles. The summed E-state index contributed by atoms with van der Waals surface area (Å²) in [6, 6.07) is 0. The van der Waals surface area contributed by atoms with E-state index < -0.39 is 5.56 Å². The zero-order valence-electron chi connectivity index (χ0n) is 5.50. The molecule has 1 N–H and O–H groups in total. The molecule has 0 spiro atoms. The Balaban J connectivity index is 2.45. The van der Waals surface area contributed by atoms with Crippen LogP contribution in [0.15, 0.2) is 12.2 Å². The maximum Gasteiger partial charge on any atom is 0.134 e. The van der Waals surface area contributed by atoms with E-state index in [-0.39, 0.29) is 5.92 Å². The van der Waals surface area contributed by atoms with E-state index >= 15 is 0 Å². The van der Waals surface area contributed by atoms with Gasteiger partial charge in [-0.2, -0.15) is 0 Å². The molecular formula is C7H10BrClO. The molecule has 3 unspecified atom stereocenters. The van der Waals surface area contributed by atoms with Crippen molar-refractivity contribution in [1.29, 1.82) is 0 Å². The van der Waals surface area contributed by atoms with E-state index in [1.165, 1.54) is 0 Å². The van der Waals surface area contributed by atoms with E-state index in [0.29, 0.717) is 4.83 Å². The number of aliphatic hydroxyl groups is 1. The summed E-state index contributed by atoms with van der Waals surface area (Å²) in [6.07, 6.45) is 6.04. The molecule has 0 saturated heterocycles. The van der Waals surface area contributed by atoms with E-state index in [0.717, 1.165) is 12.8 Å². The molecule has 1 rings (SSSR count). The Morgan fingerprint density at radius 2 is 2.20 bits per heavy atom. The van der Waals surface area contributed by atoms with Crippen LogP contribution < -0.4 is 0 Å². The van der Waals surface area contributed by atoms with Crippen LogP contribution in [-0.2, 0) is 0 Å². The summed E-state index contributed by atoms with van der Waals surface area (Å²) >= 11 is 8.95. The van der Waals surface area contributed by atoms with Gasteiger partial charge in [-0.05, 0) is 12.8 Å². The normalized spacial score (nSPS) is 35.9. The molecule has 58 valence electrons. The van der Waals surface area contributed by atoms with Crippen LogP contribution in [-0.4, -0.2) is 15.5 Å². The summed E-state index contributed by atoms with van der Waals surface area (Å²) in [6.45, 7) is 0. The Labute approximate surface area is 74.2 Å². The predicted octanol–water partition coefficient (Wildman–Crippen LogP) is 2.27. The SMILES string of the molecule is OC(Cl)C1C=CC(Br)CC1. The van der Waals surface area contributed by atoms with Crippen molar-refractivity contribution in [3.63, 3.8) is 0 Å². The third kappa shape index (κ3) is 2.26. The van der Waals surface area contributed by atoms with Crippen molar-refractivity contribution in [3.8, 4) is 0 Å². The molecule has 0 aliphatic heterocycles. The van der Waals surface area contributed by atoms with Gasteiger partial charge in [0, 0.05) is 10.7 Å². The highest BCUT2D eigenvalue weighted by Crippen LogP contribution is 2.25. The van der Waals surface area contributed by atoms with Gasteiger partial charge < -0.3 is 5.11 Å². The Hall–Kier alpha value is 0.470. The van der Waals surface area contributed by atoms with E-state index in [9.17, 15) is 0 Å². The highest BCUT2D eigenvalue weighted by atomic mass is 79.9. The van der Waals surface area contributed by atoms with Crippen LogP contribution in [0, 0.1) is 5.92 Å². The van der Waals surface area contributed by atoms with Gasteiger partial charge in [0.15, 0.2) is 0 Å². The summed E-state index contributed by atoms with van der Waals surface area (Å²) in [5.41, 5.74) is -0.712. The number of alkyl halides is 2. The molecule has 3 atom stereocenters. The average Bonchev–Trinajstić information content (AvgIpc) is 1.88. The van der Waals surface area contributed by atoms with Crippen molar-refractivity contribution < 1.29 is 5.11 Å². The van der Waals surface area contributed by atoms with Crippen molar-refractivity contribution in [3.05, 3.63) is 12.2 Å². The maximum atomic E-state index is 8.96. The lowest BCUT2D eigenvalue weighted by Crippen LogP contribution is -2.16. The number of rotatable bonds is 1. The molecular weight excluding hydrogens is 215 g/mol. The van der Waals surface area contributed by atoms with Gasteiger partial charge in [0.05, 0.1) is 0 Å². The number of halogens is 2.